The standard InChI is InChI=1S/C14H13N.CH2O2/c15-9-14-12-7-3-1-5-10(12)11-6-2-4-8-13(11)14;2-1-3/h1-8,14H,9,15H2;1H,(H,2,3). The van der Waals surface area contributed by atoms with Gasteiger partial charge in [0.25, 0.3) is 6.47 Å². The lowest BCUT2D eigenvalue weighted by molar-refractivity contribution is -0.122. The minimum Gasteiger partial charge on any atom is -0.483 e. The second kappa shape index (κ2) is 5.47. The van der Waals surface area contributed by atoms with Crippen LogP contribution in [-0.2, 0) is 4.79 Å². The van der Waals surface area contributed by atoms with Crippen LogP contribution < -0.4 is 5.73 Å². The molecule has 3 nitrogen and oxygen atoms in total. The van der Waals surface area contributed by atoms with E-state index in [1.165, 1.54) is 22.3 Å². The van der Waals surface area contributed by atoms with E-state index < -0.39 is 0 Å². The molecule has 0 saturated heterocycles. The fourth-order valence-corrected chi connectivity index (χ4v) is 2.51. The summed E-state index contributed by atoms with van der Waals surface area (Å²) in [5.74, 6) is 0.386. The van der Waals surface area contributed by atoms with Gasteiger partial charge in [-0.05, 0) is 22.3 Å². The van der Waals surface area contributed by atoms with Crippen molar-refractivity contribution in [3.05, 3.63) is 59.7 Å². The van der Waals surface area contributed by atoms with E-state index in [1.807, 2.05) is 0 Å². The van der Waals surface area contributed by atoms with Gasteiger partial charge >= 0.3 is 0 Å². The molecular formula is C15H15NO2. The molecule has 0 radical (unpaired) electrons. The Bertz CT molecular complexity index is 506. The average Bonchev–Trinajstić information content (AvgIpc) is 2.73. The fraction of sp³-hybridized carbons (Fsp3) is 0.133. The highest BCUT2D eigenvalue weighted by Crippen LogP contribution is 2.43. The first kappa shape index (κ1) is 12.3. The van der Waals surface area contributed by atoms with E-state index in [9.17, 15) is 0 Å². The van der Waals surface area contributed by atoms with Gasteiger partial charge in [0, 0.05) is 12.5 Å². The summed E-state index contributed by atoms with van der Waals surface area (Å²) in [4.78, 5) is 8.36. The maximum Gasteiger partial charge on any atom is 0.290 e. The summed E-state index contributed by atoms with van der Waals surface area (Å²) in [6.45, 7) is 0.439. The van der Waals surface area contributed by atoms with Crippen molar-refractivity contribution in [3.8, 4) is 11.1 Å². The Balaban J connectivity index is 0.000000367. The molecule has 1 aliphatic carbocycles. The van der Waals surface area contributed by atoms with Crippen molar-refractivity contribution in [1.29, 1.82) is 0 Å². The summed E-state index contributed by atoms with van der Waals surface area (Å²) < 4.78 is 0. The second-order valence-electron chi connectivity index (χ2n) is 4.07. The van der Waals surface area contributed by atoms with Gasteiger partial charge in [-0.2, -0.15) is 0 Å². The predicted molar refractivity (Wildman–Crippen MR) is 71.5 cm³/mol. The first-order valence-electron chi connectivity index (χ1n) is 5.79. The number of nitrogens with two attached hydrogens (primary N) is 1. The number of carbonyl (C=O) groups is 1. The van der Waals surface area contributed by atoms with E-state index in [1.54, 1.807) is 0 Å². The van der Waals surface area contributed by atoms with Gasteiger partial charge in [0.05, 0.1) is 0 Å². The van der Waals surface area contributed by atoms with Gasteiger partial charge in [0.1, 0.15) is 0 Å². The third-order valence-corrected chi connectivity index (χ3v) is 3.20. The molecule has 0 unspecified atom stereocenters. The minimum atomic E-state index is -0.250. The van der Waals surface area contributed by atoms with Crippen LogP contribution in [0.15, 0.2) is 48.5 Å². The lowest BCUT2D eigenvalue weighted by Gasteiger charge is -2.09. The number of rotatable bonds is 1. The topological polar surface area (TPSA) is 63.3 Å². The number of fused-ring (bicyclic) bond motifs is 3. The molecule has 2 aromatic carbocycles. The summed E-state index contributed by atoms with van der Waals surface area (Å²) in [7, 11) is 0. The molecule has 0 heterocycles. The summed E-state index contributed by atoms with van der Waals surface area (Å²) in [6, 6.07) is 17.1. The molecule has 0 atom stereocenters. The highest BCUT2D eigenvalue weighted by Gasteiger charge is 2.26. The molecule has 3 heteroatoms. The lowest BCUT2D eigenvalue weighted by atomic mass is 9.97. The van der Waals surface area contributed by atoms with Gasteiger partial charge < -0.3 is 10.8 Å². The average molecular weight is 241 g/mol. The largest absolute Gasteiger partial charge is 0.483 e. The normalized spacial score (nSPS) is 12.1. The van der Waals surface area contributed by atoms with E-state index in [2.05, 4.69) is 48.5 Å². The van der Waals surface area contributed by atoms with E-state index in [0.717, 1.165) is 0 Å². The van der Waals surface area contributed by atoms with Gasteiger partial charge in [-0.15, -0.1) is 0 Å². The Kier molecular flexibility index (Phi) is 3.75. The highest BCUT2D eigenvalue weighted by atomic mass is 16.3. The Labute approximate surface area is 106 Å². The van der Waals surface area contributed by atoms with Crippen LogP contribution in [0.4, 0.5) is 0 Å². The van der Waals surface area contributed by atoms with Crippen LogP contribution >= 0.6 is 0 Å². The van der Waals surface area contributed by atoms with Crippen molar-refractivity contribution in [1.82, 2.24) is 0 Å². The van der Waals surface area contributed by atoms with Crippen LogP contribution in [0, 0.1) is 0 Å². The van der Waals surface area contributed by atoms with Gasteiger partial charge in [-0.1, -0.05) is 48.5 Å². The highest BCUT2D eigenvalue weighted by molar-refractivity contribution is 5.78. The number of carboxylic acid groups (broad SMARTS) is 1. The molecule has 3 rings (SSSR count). The van der Waals surface area contributed by atoms with Crippen LogP contribution in [0.3, 0.4) is 0 Å². The third kappa shape index (κ3) is 2.00. The molecule has 3 N–H and O–H groups in total. The number of benzene rings is 2. The van der Waals surface area contributed by atoms with Crippen LogP contribution in [-0.4, -0.2) is 18.1 Å². The van der Waals surface area contributed by atoms with Gasteiger partial charge in [-0.25, -0.2) is 0 Å². The van der Waals surface area contributed by atoms with Crippen LogP contribution in [0.25, 0.3) is 11.1 Å². The molecule has 0 amide bonds. The SMILES string of the molecule is NCC1c2ccccc2-c2ccccc21.O=CO. The molecule has 92 valence electrons. The minimum absolute atomic E-state index is 0.250. The second-order valence-corrected chi connectivity index (χ2v) is 4.07. The summed E-state index contributed by atoms with van der Waals surface area (Å²) >= 11 is 0. The Morgan fingerprint density at radius 3 is 1.78 bits per heavy atom. The van der Waals surface area contributed by atoms with E-state index in [4.69, 9.17) is 15.6 Å². The van der Waals surface area contributed by atoms with E-state index >= 15 is 0 Å². The van der Waals surface area contributed by atoms with Crippen molar-refractivity contribution < 1.29 is 9.90 Å². The smallest absolute Gasteiger partial charge is 0.290 e. The van der Waals surface area contributed by atoms with Crippen molar-refractivity contribution in [2.24, 2.45) is 5.73 Å². The molecule has 0 spiro atoms. The van der Waals surface area contributed by atoms with Gasteiger partial charge in [0.15, 0.2) is 0 Å². The molecule has 0 aliphatic heterocycles. The molecule has 18 heavy (non-hydrogen) atoms. The Morgan fingerprint density at radius 1 is 1.00 bits per heavy atom. The molecule has 0 saturated carbocycles. The third-order valence-electron chi connectivity index (χ3n) is 3.20. The maximum atomic E-state index is 8.36. The van der Waals surface area contributed by atoms with Crippen molar-refractivity contribution in [2.75, 3.05) is 6.54 Å². The maximum absolute atomic E-state index is 8.36. The van der Waals surface area contributed by atoms with Gasteiger partial charge in [0.2, 0.25) is 0 Å². The Morgan fingerprint density at radius 2 is 1.39 bits per heavy atom. The fourth-order valence-electron chi connectivity index (χ4n) is 2.51. The summed E-state index contributed by atoms with van der Waals surface area (Å²) in [5.41, 5.74) is 11.3. The van der Waals surface area contributed by atoms with Crippen LogP contribution in [0.2, 0.25) is 0 Å². The molecule has 0 aromatic heterocycles. The first-order chi connectivity index (χ1) is 8.83. The van der Waals surface area contributed by atoms with Crippen LogP contribution in [0.5, 0.6) is 0 Å². The molecule has 1 aliphatic rings. The number of hydrogen-bond donors (Lipinski definition) is 2. The van der Waals surface area contributed by atoms with Crippen molar-refractivity contribution in [2.45, 2.75) is 5.92 Å². The lowest BCUT2D eigenvalue weighted by Crippen LogP contribution is -2.10. The van der Waals surface area contributed by atoms with E-state index in [0.29, 0.717) is 12.5 Å². The van der Waals surface area contributed by atoms with Gasteiger partial charge in [-0.3, -0.25) is 4.79 Å². The Hall–Kier alpha value is -2.13. The van der Waals surface area contributed by atoms with Crippen molar-refractivity contribution >= 4 is 6.47 Å². The van der Waals surface area contributed by atoms with Crippen molar-refractivity contribution in [3.63, 3.8) is 0 Å². The summed E-state index contributed by atoms with van der Waals surface area (Å²) in [6.07, 6.45) is 0. The monoisotopic (exact) mass is 241 g/mol. The van der Waals surface area contributed by atoms with E-state index in [-0.39, 0.29) is 6.47 Å². The molecule has 0 bridgehead atoms. The zero-order chi connectivity index (χ0) is 13.0. The summed E-state index contributed by atoms with van der Waals surface area (Å²) in [5, 5.41) is 6.89. The first-order valence-corrected chi connectivity index (χ1v) is 5.79. The quantitative estimate of drug-likeness (QED) is 0.754. The predicted octanol–water partition coefficient (Wildman–Crippen LogP) is 2.46. The zero-order valence-electron chi connectivity index (χ0n) is 9.91. The molecular weight excluding hydrogens is 226 g/mol. The zero-order valence-corrected chi connectivity index (χ0v) is 9.91. The molecule has 2 aromatic rings. The van der Waals surface area contributed by atoms with Crippen LogP contribution in [0.1, 0.15) is 17.0 Å². The number of hydrogen-bond acceptors (Lipinski definition) is 2. The molecule has 0 fully saturated rings.